The smallest absolute Gasteiger partial charge is 0.0385 e. The Balaban J connectivity index is -0.000000102. The topological polar surface area (TPSA) is 0 Å². The molecular weight excluding hydrogens is 276 g/mol. The highest BCUT2D eigenvalue weighted by molar-refractivity contribution is 4.60. The molecule has 0 atom stereocenters. The normalized spacial score (nSPS) is 13.7. The van der Waals surface area contributed by atoms with Crippen molar-refractivity contribution < 1.29 is 0 Å². The van der Waals surface area contributed by atoms with Crippen molar-refractivity contribution in [3.05, 3.63) is 0 Å². The van der Waals surface area contributed by atoms with E-state index in [4.69, 9.17) is 0 Å². The fraction of sp³-hybridized carbons (Fsp3) is 1.00. The second kappa shape index (κ2) is 22.0. The Kier molecular flexibility index (Phi) is 29.5. The summed E-state index contributed by atoms with van der Waals surface area (Å²) in [6, 6.07) is 0. The number of hydrogen-bond donors (Lipinski definition) is 0. The number of rotatable bonds is 1. The fourth-order valence-electron chi connectivity index (χ4n) is 1.13. The number of hydrogen-bond acceptors (Lipinski definition) is 0. The molecule has 0 radical (unpaired) electrons. The second-order valence-corrected chi connectivity index (χ2v) is 8.84. The molecule has 0 N–H and O–H groups in total. The van der Waals surface area contributed by atoms with E-state index in [1.54, 1.807) is 0 Å². The largest absolute Gasteiger partial charge is 0.0683 e. The molecule has 0 heteroatoms. The summed E-state index contributed by atoms with van der Waals surface area (Å²) in [4.78, 5) is 0. The third-order valence-electron chi connectivity index (χ3n) is 3.52. The molecule has 0 bridgehead atoms. The lowest BCUT2D eigenvalue weighted by molar-refractivity contribution is 0.398. The van der Waals surface area contributed by atoms with E-state index < -0.39 is 0 Å². The molecule has 146 valence electrons. The molecule has 0 aromatic rings. The van der Waals surface area contributed by atoms with Crippen molar-refractivity contribution in [1.82, 2.24) is 0 Å². The molecule has 0 amide bonds. The lowest BCUT2D eigenvalue weighted by atomic mass is 9.94. The van der Waals surface area contributed by atoms with Gasteiger partial charge < -0.3 is 0 Å². The highest BCUT2D eigenvalue weighted by atomic mass is 14.1. The van der Waals surface area contributed by atoms with E-state index in [9.17, 15) is 0 Å². The molecule has 0 aliphatic heterocycles. The first-order valence-electron chi connectivity index (χ1n) is 10.5. The van der Waals surface area contributed by atoms with E-state index >= 15 is 0 Å². The summed E-state index contributed by atoms with van der Waals surface area (Å²) >= 11 is 0. The van der Waals surface area contributed by atoms with E-state index in [-0.39, 0.29) is 0 Å². The quantitative estimate of drug-likeness (QED) is 0.449. The van der Waals surface area contributed by atoms with Gasteiger partial charge in [-0.2, -0.15) is 0 Å². The molecule has 0 spiro atoms. The minimum atomic E-state index is 0.542. The van der Waals surface area contributed by atoms with Gasteiger partial charge in [-0.05, 0) is 23.2 Å². The average Bonchev–Trinajstić information content (AvgIpc) is 2.92. The van der Waals surface area contributed by atoms with Crippen LogP contribution in [0.4, 0.5) is 0 Å². The van der Waals surface area contributed by atoms with Gasteiger partial charge in [-0.25, -0.2) is 0 Å². The third-order valence-corrected chi connectivity index (χ3v) is 3.52. The Morgan fingerprint density at radius 2 is 1.04 bits per heavy atom. The zero-order chi connectivity index (χ0) is 19.5. The first-order valence-corrected chi connectivity index (χ1v) is 10.5. The zero-order valence-electron chi connectivity index (χ0n) is 19.5. The highest BCUT2D eigenvalue weighted by Crippen LogP contribution is 2.22. The summed E-state index contributed by atoms with van der Waals surface area (Å²) in [7, 11) is 0. The fourth-order valence-corrected chi connectivity index (χ4v) is 1.13. The third kappa shape index (κ3) is 61.1. The van der Waals surface area contributed by atoms with Gasteiger partial charge in [0.15, 0.2) is 0 Å². The molecule has 23 heavy (non-hydrogen) atoms. The lowest BCUT2D eigenvalue weighted by Crippen LogP contribution is -2.00. The van der Waals surface area contributed by atoms with Crippen molar-refractivity contribution in [2.24, 2.45) is 23.2 Å². The predicted octanol–water partition coefficient (Wildman–Crippen LogP) is 9.38. The van der Waals surface area contributed by atoms with Crippen LogP contribution in [-0.2, 0) is 0 Å². The van der Waals surface area contributed by atoms with Crippen LogP contribution in [0.2, 0.25) is 0 Å². The molecule has 0 aromatic carbocycles. The van der Waals surface area contributed by atoms with Crippen LogP contribution in [0.1, 0.15) is 129 Å². The summed E-state index contributed by atoms with van der Waals surface area (Å²) in [5, 5.41) is 0. The first kappa shape index (κ1) is 30.8. The summed E-state index contributed by atoms with van der Waals surface area (Å²) in [5.41, 5.74) is 0.542. The van der Waals surface area contributed by atoms with E-state index in [0.717, 1.165) is 17.8 Å². The molecule has 1 fully saturated rings. The molecule has 0 aromatic heterocycles. The van der Waals surface area contributed by atoms with E-state index in [1.807, 2.05) is 13.8 Å². The van der Waals surface area contributed by atoms with Crippen LogP contribution in [0.5, 0.6) is 0 Å². The van der Waals surface area contributed by atoms with Gasteiger partial charge in [-0.1, -0.05) is 129 Å². The minimum Gasteiger partial charge on any atom is -0.0683 e. The van der Waals surface area contributed by atoms with Gasteiger partial charge in [0, 0.05) is 0 Å². The lowest BCUT2D eigenvalue weighted by Gasteiger charge is -2.12. The van der Waals surface area contributed by atoms with Crippen molar-refractivity contribution in [1.29, 1.82) is 0 Å². The summed E-state index contributed by atoms with van der Waals surface area (Å²) in [5.74, 6) is 2.76. The van der Waals surface area contributed by atoms with Crippen LogP contribution in [0.3, 0.4) is 0 Å². The summed E-state index contributed by atoms with van der Waals surface area (Å²) in [6.45, 7) is 28.4. The molecular formula is C23H54. The molecule has 0 nitrogen and oxygen atoms in total. The van der Waals surface area contributed by atoms with Crippen LogP contribution in [0.25, 0.3) is 0 Å². The first-order chi connectivity index (χ1) is 10.5. The van der Waals surface area contributed by atoms with Crippen molar-refractivity contribution >= 4 is 0 Å². The van der Waals surface area contributed by atoms with Gasteiger partial charge in [0.25, 0.3) is 0 Å². The Hall–Kier alpha value is 0. The van der Waals surface area contributed by atoms with Gasteiger partial charge in [-0.3, -0.25) is 0 Å². The molecule has 1 aliphatic rings. The van der Waals surface area contributed by atoms with Crippen molar-refractivity contribution in [3.63, 3.8) is 0 Å². The van der Waals surface area contributed by atoms with Crippen LogP contribution in [0, 0.1) is 23.2 Å². The monoisotopic (exact) mass is 330 g/mol. The Morgan fingerprint density at radius 1 is 0.826 bits per heavy atom. The van der Waals surface area contributed by atoms with Gasteiger partial charge in [0.1, 0.15) is 0 Å². The SMILES string of the molecule is CC.CC(C)C.CC1CCCC1.CCC(C)(C)C.CCC(C)C. The summed E-state index contributed by atoms with van der Waals surface area (Å²) in [6.07, 6.45) is 8.52. The molecule has 1 rings (SSSR count). The maximum Gasteiger partial charge on any atom is -0.0385 e. The van der Waals surface area contributed by atoms with Crippen LogP contribution in [0.15, 0.2) is 0 Å². The van der Waals surface area contributed by atoms with E-state index in [2.05, 4.69) is 76.2 Å². The van der Waals surface area contributed by atoms with Crippen LogP contribution >= 0.6 is 0 Å². The van der Waals surface area contributed by atoms with Gasteiger partial charge in [0.2, 0.25) is 0 Å². The average molecular weight is 331 g/mol. The second-order valence-electron chi connectivity index (χ2n) is 8.84. The van der Waals surface area contributed by atoms with Gasteiger partial charge in [0.05, 0.1) is 0 Å². The summed E-state index contributed by atoms with van der Waals surface area (Å²) < 4.78 is 0. The Labute approximate surface area is 152 Å². The van der Waals surface area contributed by atoms with Gasteiger partial charge in [-0.15, -0.1) is 0 Å². The minimum absolute atomic E-state index is 0.542. The van der Waals surface area contributed by atoms with E-state index in [1.165, 1.54) is 38.5 Å². The van der Waals surface area contributed by atoms with Crippen molar-refractivity contribution in [2.45, 2.75) is 129 Å². The molecule has 1 saturated carbocycles. The molecule has 0 saturated heterocycles. The zero-order valence-corrected chi connectivity index (χ0v) is 19.5. The maximum atomic E-state index is 2.34. The molecule has 0 unspecified atom stereocenters. The van der Waals surface area contributed by atoms with Crippen LogP contribution in [-0.4, -0.2) is 0 Å². The predicted molar refractivity (Wildman–Crippen MR) is 114 cm³/mol. The highest BCUT2D eigenvalue weighted by Gasteiger charge is 2.07. The van der Waals surface area contributed by atoms with Crippen LogP contribution < -0.4 is 0 Å². The Bertz CT molecular complexity index is 162. The standard InChI is InChI=1S/C6H12.C6H14.C5H12.C4H10.C2H6/c1-6-4-2-3-5-6;1-5-6(2,3)4;1-4-5(2)3;1-4(2)3;1-2/h6H,2-5H2,1H3;5H2,1-4H3;5H,4H2,1-3H3;4H,1-3H3;1-2H3. The maximum absolute atomic E-state index is 2.34. The molecule has 1 aliphatic carbocycles. The van der Waals surface area contributed by atoms with Gasteiger partial charge >= 0.3 is 0 Å². The Morgan fingerprint density at radius 3 is 1.09 bits per heavy atom. The van der Waals surface area contributed by atoms with Crippen molar-refractivity contribution in [3.8, 4) is 0 Å². The molecule has 0 heterocycles. The van der Waals surface area contributed by atoms with E-state index in [0.29, 0.717) is 5.41 Å². The van der Waals surface area contributed by atoms with Crippen molar-refractivity contribution in [2.75, 3.05) is 0 Å².